The maximum Gasteiger partial charge on any atom is 0.134 e. The molecule has 0 aliphatic heterocycles. The molecule has 2 aromatic heterocycles. The van der Waals surface area contributed by atoms with E-state index in [4.69, 9.17) is 0 Å². The summed E-state index contributed by atoms with van der Waals surface area (Å²) in [7, 11) is 2.00. The molecule has 0 unspecified atom stereocenters. The number of hydrogen-bond donors (Lipinski definition) is 1. The number of nitrogens with zero attached hydrogens (tertiary/aromatic N) is 3. The second-order valence-corrected chi connectivity index (χ2v) is 4.62. The average Bonchev–Trinajstić information content (AvgIpc) is 2.46. The molecule has 0 bridgehead atoms. The van der Waals surface area contributed by atoms with E-state index in [1.807, 2.05) is 31.3 Å². The van der Waals surface area contributed by atoms with E-state index in [0.29, 0.717) is 0 Å². The summed E-state index contributed by atoms with van der Waals surface area (Å²) >= 11 is 0. The van der Waals surface area contributed by atoms with Crippen molar-refractivity contribution in [2.45, 2.75) is 19.4 Å². The fourth-order valence-corrected chi connectivity index (χ4v) is 2.01. The predicted molar refractivity (Wildman–Crippen MR) is 76.1 cm³/mol. The van der Waals surface area contributed by atoms with Crippen LogP contribution in [0.25, 0.3) is 0 Å². The number of likely N-dealkylation sites (N-methyl/N-ethyl adjacent to an activating group) is 1. The van der Waals surface area contributed by atoms with Crippen molar-refractivity contribution in [1.29, 1.82) is 0 Å². The van der Waals surface area contributed by atoms with Crippen molar-refractivity contribution in [1.82, 2.24) is 9.97 Å². The highest BCUT2D eigenvalue weighted by molar-refractivity contribution is 5.47. The van der Waals surface area contributed by atoms with E-state index in [9.17, 15) is 5.11 Å². The van der Waals surface area contributed by atoms with Crippen molar-refractivity contribution < 1.29 is 5.11 Å². The minimum atomic E-state index is -0.507. The summed E-state index contributed by atoms with van der Waals surface area (Å²) in [6, 6.07) is 7.79. The fourth-order valence-electron chi connectivity index (χ4n) is 2.01. The Labute approximate surface area is 113 Å². The number of hydrogen-bond acceptors (Lipinski definition) is 4. The van der Waals surface area contributed by atoms with Crippen LogP contribution in [0.1, 0.15) is 24.2 Å². The number of aliphatic hydroxyl groups excluding tert-OH is 1. The average molecular weight is 257 g/mol. The van der Waals surface area contributed by atoms with Crippen molar-refractivity contribution >= 4 is 5.82 Å². The van der Waals surface area contributed by atoms with Crippen LogP contribution in [-0.4, -0.2) is 28.7 Å². The number of rotatable bonds is 5. The molecule has 100 valence electrons. The Morgan fingerprint density at radius 1 is 1.21 bits per heavy atom. The van der Waals surface area contributed by atoms with E-state index in [2.05, 4.69) is 14.9 Å². The monoisotopic (exact) mass is 257 g/mol. The molecule has 1 atom stereocenters. The number of aromatic nitrogens is 2. The molecule has 0 saturated carbocycles. The summed E-state index contributed by atoms with van der Waals surface area (Å²) in [6.07, 6.45) is 5.78. The molecule has 0 saturated heterocycles. The van der Waals surface area contributed by atoms with Gasteiger partial charge in [-0.3, -0.25) is 4.98 Å². The second kappa shape index (κ2) is 6.29. The summed E-state index contributed by atoms with van der Waals surface area (Å²) in [5, 5.41) is 9.76. The Balaban J connectivity index is 2.06. The van der Waals surface area contributed by atoms with Crippen LogP contribution in [0.2, 0.25) is 0 Å². The van der Waals surface area contributed by atoms with Crippen molar-refractivity contribution in [2.75, 3.05) is 18.5 Å². The molecule has 1 N–H and O–H groups in total. The standard InChI is InChI=1S/C15H19N3O/c1-12(19)14-4-3-8-17-15(14)18(2)11-7-13-5-9-16-10-6-13/h3-6,8-10,12,19H,7,11H2,1-2H3/t12-/m0/s1. The molecule has 0 spiro atoms. The molecule has 0 radical (unpaired) electrons. The van der Waals surface area contributed by atoms with Gasteiger partial charge in [-0.2, -0.15) is 0 Å². The third-order valence-corrected chi connectivity index (χ3v) is 3.11. The van der Waals surface area contributed by atoms with E-state index < -0.39 is 6.10 Å². The number of pyridine rings is 2. The summed E-state index contributed by atoms with van der Waals surface area (Å²) in [4.78, 5) is 10.4. The lowest BCUT2D eigenvalue weighted by molar-refractivity contribution is 0.199. The van der Waals surface area contributed by atoms with Crippen molar-refractivity contribution in [2.24, 2.45) is 0 Å². The zero-order valence-electron chi connectivity index (χ0n) is 11.3. The van der Waals surface area contributed by atoms with E-state index in [0.717, 1.165) is 24.3 Å². The SMILES string of the molecule is C[C@H](O)c1cccnc1N(C)CCc1ccncc1. The first-order chi connectivity index (χ1) is 9.18. The third kappa shape index (κ3) is 3.51. The Bertz CT molecular complexity index is 514. The van der Waals surface area contributed by atoms with Gasteiger partial charge in [0.1, 0.15) is 5.82 Å². The van der Waals surface area contributed by atoms with E-state index in [1.54, 1.807) is 25.5 Å². The maximum atomic E-state index is 9.76. The summed E-state index contributed by atoms with van der Waals surface area (Å²) in [6.45, 7) is 2.61. The summed E-state index contributed by atoms with van der Waals surface area (Å²) in [5.74, 6) is 0.839. The topological polar surface area (TPSA) is 49.3 Å². The molecular formula is C15H19N3O. The lowest BCUT2D eigenvalue weighted by Gasteiger charge is -2.22. The fraction of sp³-hybridized carbons (Fsp3) is 0.333. The Morgan fingerprint density at radius 2 is 1.95 bits per heavy atom. The minimum absolute atomic E-state index is 0.507. The minimum Gasteiger partial charge on any atom is -0.389 e. The van der Waals surface area contributed by atoms with Crippen LogP contribution in [0.4, 0.5) is 5.82 Å². The first-order valence-electron chi connectivity index (χ1n) is 6.41. The van der Waals surface area contributed by atoms with Gasteiger partial charge >= 0.3 is 0 Å². The van der Waals surface area contributed by atoms with E-state index in [1.165, 1.54) is 5.56 Å². The maximum absolute atomic E-state index is 9.76. The molecular weight excluding hydrogens is 238 g/mol. The van der Waals surface area contributed by atoms with Crippen molar-refractivity contribution in [3.63, 3.8) is 0 Å². The number of anilines is 1. The highest BCUT2D eigenvalue weighted by Gasteiger charge is 2.12. The van der Waals surface area contributed by atoms with E-state index >= 15 is 0 Å². The van der Waals surface area contributed by atoms with Crippen LogP contribution in [0.5, 0.6) is 0 Å². The molecule has 2 heterocycles. The first kappa shape index (κ1) is 13.5. The van der Waals surface area contributed by atoms with Gasteiger partial charge in [0.15, 0.2) is 0 Å². The van der Waals surface area contributed by atoms with Gasteiger partial charge in [0.25, 0.3) is 0 Å². The van der Waals surface area contributed by atoms with Gasteiger partial charge in [-0.05, 0) is 37.1 Å². The Kier molecular flexibility index (Phi) is 4.47. The molecule has 2 rings (SSSR count). The summed E-state index contributed by atoms with van der Waals surface area (Å²) < 4.78 is 0. The Morgan fingerprint density at radius 3 is 2.63 bits per heavy atom. The molecule has 0 aliphatic rings. The molecule has 0 amide bonds. The van der Waals surface area contributed by atoms with Crippen LogP contribution in [-0.2, 0) is 6.42 Å². The zero-order chi connectivity index (χ0) is 13.7. The highest BCUT2D eigenvalue weighted by atomic mass is 16.3. The van der Waals surface area contributed by atoms with Crippen LogP contribution in [0.3, 0.4) is 0 Å². The van der Waals surface area contributed by atoms with Crippen LogP contribution >= 0.6 is 0 Å². The van der Waals surface area contributed by atoms with Crippen molar-refractivity contribution in [3.05, 3.63) is 54.0 Å². The van der Waals surface area contributed by atoms with Gasteiger partial charge in [-0.1, -0.05) is 6.07 Å². The van der Waals surface area contributed by atoms with Crippen LogP contribution in [0, 0.1) is 0 Å². The van der Waals surface area contributed by atoms with Gasteiger partial charge in [-0.25, -0.2) is 4.98 Å². The smallest absolute Gasteiger partial charge is 0.134 e. The zero-order valence-corrected chi connectivity index (χ0v) is 11.3. The molecule has 19 heavy (non-hydrogen) atoms. The second-order valence-electron chi connectivity index (χ2n) is 4.62. The molecule has 0 fully saturated rings. The summed E-state index contributed by atoms with van der Waals surface area (Å²) in [5.41, 5.74) is 2.11. The van der Waals surface area contributed by atoms with Gasteiger partial charge in [-0.15, -0.1) is 0 Å². The molecule has 0 aromatic carbocycles. The lowest BCUT2D eigenvalue weighted by Crippen LogP contribution is -2.23. The Hall–Kier alpha value is -1.94. The normalized spacial score (nSPS) is 12.2. The van der Waals surface area contributed by atoms with Gasteiger partial charge in [0.2, 0.25) is 0 Å². The molecule has 0 aliphatic carbocycles. The van der Waals surface area contributed by atoms with E-state index in [-0.39, 0.29) is 0 Å². The van der Waals surface area contributed by atoms with Crippen LogP contribution < -0.4 is 4.90 Å². The molecule has 2 aromatic rings. The molecule has 4 nitrogen and oxygen atoms in total. The quantitative estimate of drug-likeness (QED) is 0.892. The predicted octanol–water partition coefficient (Wildman–Crippen LogP) is 2.21. The van der Waals surface area contributed by atoms with Crippen molar-refractivity contribution in [3.8, 4) is 0 Å². The third-order valence-electron chi connectivity index (χ3n) is 3.11. The van der Waals surface area contributed by atoms with Gasteiger partial charge < -0.3 is 10.0 Å². The molecule has 4 heteroatoms. The lowest BCUT2D eigenvalue weighted by atomic mass is 10.1. The van der Waals surface area contributed by atoms with Crippen LogP contribution in [0.15, 0.2) is 42.9 Å². The highest BCUT2D eigenvalue weighted by Crippen LogP contribution is 2.22. The van der Waals surface area contributed by atoms with Gasteiger partial charge in [0.05, 0.1) is 6.10 Å². The largest absolute Gasteiger partial charge is 0.389 e. The number of aliphatic hydroxyl groups is 1. The first-order valence-corrected chi connectivity index (χ1v) is 6.41. The van der Waals surface area contributed by atoms with Gasteiger partial charge in [0, 0.05) is 37.7 Å².